The Bertz CT molecular complexity index is 232. The normalized spacial score (nSPS) is 20.7. The van der Waals surface area contributed by atoms with Crippen molar-refractivity contribution in [3.8, 4) is 0 Å². The highest BCUT2D eigenvalue weighted by atomic mass is 16.1. The first kappa shape index (κ1) is 13.5. The molecule has 0 spiro atoms. The summed E-state index contributed by atoms with van der Waals surface area (Å²) >= 11 is 0. The number of carbonyl (C=O) groups is 1. The van der Waals surface area contributed by atoms with Crippen LogP contribution in [0.25, 0.3) is 0 Å². The quantitative estimate of drug-likeness (QED) is 0.755. The van der Waals surface area contributed by atoms with Gasteiger partial charge in [-0.3, -0.25) is 4.79 Å². The van der Waals surface area contributed by atoms with Gasteiger partial charge in [-0.05, 0) is 39.0 Å². The second-order valence-electron chi connectivity index (χ2n) is 5.66. The summed E-state index contributed by atoms with van der Waals surface area (Å²) in [5.41, 5.74) is 5.53. The van der Waals surface area contributed by atoms with Crippen LogP contribution in [0.1, 0.15) is 59.3 Å². The van der Waals surface area contributed by atoms with Gasteiger partial charge in [0.05, 0.1) is 6.04 Å². The first-order valence-corrected chi connectivity index (χ1v) is 6.53. The number of amides is 1. The maximum atomic E-state index is 11.6. The lowest BCUT2D eigenvalue weighted by molar-refractivity contribution is -0.122. The van der Waals surface area contributed by atoms with E-state index < -0.39 is 0 Å². The van der Waals surface area contributed by atoms with Crippen LogP contribution in [0.15, 0.2) is 0 Å². The van der Waals surface area contributed by atoms with E-state index in [1.54, 1.807) is 0 Å². The molecule has 0 aromatic heterocycles. The number of nitrogens with two attached hydrogens (primary N) is 1. The minimum atomic E-state index is -0.187. The maximum Gasteiger partial charge on any atom is 0.234 e. The molecule has 1 fully saturated rings. The third kappa shape index (κ3) is 3.78. The molecule has 0 aromatic carbocycles. The van der Waals surface area contributed by atoms with E-state index in [0.29, 0.717) is 5.92 Å². The summed E-state index contributed by atoms with van der Waals surface area (Å²) < 4.78 is 0. The summed E-state index contributed by atoms with van der Waals surface area (Å²) in [7, 11) is 0. The van der Waals surface area contributed by atoms with Gasteiger partial charge in [0.25, 0.3) is 0 Å². The molecule has 3 nitrogen and oxygen atoms in total. The van der Waals surface area contributed by atoms with Crippen molar-refractivity contribution < 1.29 is 4.79 Å². The second-order valence-corrected chi connectivity index (χ2v) is 5.66. The zero-order chi connectivity index (χ0) is 12.2. The fourth-order valence-electron chi connectivity index (χ4n) is 2.41. The van der Waals surface area contributed by atoms with Crippen molar-refractivity contribution in [2.75, 3.05) is 0 Å². The van der Waals surface area contributed by atoms with E-state index in [1.807, 2.05) is 0 Å². The standard InChI is InChI=1S/C13H26N2O/c1-4-13(2,3)15-11(12(14)16)10-8-6-5-7-9-10/h10-11,15H,4-9H2,1-3H3,(H2,14,16). The van der Waals surface area contributed by atoms with Crippen molar-refractivity contribution in [2.24, 2.45) is 11.7 Å². The van der Waals surface area contributed by atoms with Gasteiger partial charge in [-0.15, -0.1) is 0 Å². The molecule has 0 heterocycles. The second kappa shape index (κ2) is 5.67. The third-order valence-corrected chi connectivity index (χ3v) is 3.86. The van der Waals surface area contributed by atoms with Gasteiger partial charge in [0, 0.05) is 5.54 Å². The molecule has 1 atom stereocenters. The van der Waals surface area contributed by atoms with E-state index in [4.69, 9.17) is 5.73 Å². The summed E-state index contributed by atoms with van der Waals surface area (Å²) in [6.07, 6.45) is 7.06. The Morgan fingerprint density at radius 3 is 2.38 bits per heavy atom. The molecule has 16 heavy (non-hydrogen) atoms. The molecule has 1 aliphatic carbocycles. The average Bonchev–Trinajstić information content (AvgIpc) is 2.27. The molecule has 1 aliphatic rings. The summed E-state index contributed by atoms with van der Waals surface area (Å²) in [6.45, 7) is 6.39. The monoisotopic (exact) mass is 226 g/mol. The number of nitrogens with one attached hydrogen (secondary N) is 1. The third-order valence-electron chi connectivity index (χ3n) is 3.86. The first-order valence-electron chi connectivity index (χ1n) is 6.53. The molecule has 0 radical (unpaired) electrons. The zero-order valence-electron chi connectivity index (χ0n) is 10.9. The minimum Gasteiger partial charge on any atom is -0.368 e. The highest BCUT2D eigenvalue weighted by Gasteiger charge is 2.31. The molecule has 0 saturated heterocycles. The van der Waals surface area contributed by atoms with Crippen molar-refractivity contribution in [2.45, 2.75) is 70.9 Å². The topological polar surface area (TPSA) is 55.1 Å². The predicted octanol–water partition coefficient (Wildman–Crippen LogP) is 2.20. The Kier molecular flexibility index (Phi) is 4.78. The van der Waals surface area contributed by atoms with E-state index >= 15 is 0 Å². The molecule has 1 unspecified atom stereocenters. The fraction of sp³-hybridized carbons (Fsp3) is 0.923. The fourth-order valence-corrected chi connectivity index (χ4v) is 2.41. The summed E-state index contributed by atoms with van der Waals surface area (Å²) in [4.78, 5) is 11.6. The van der Waals surface area contributed by atoms with Gasteiger partial charge in [-0.25, -0.2) is 0 Å². The number of hydrogen-bond donors (Lipinski definition) is 2. The molecule has 0 aromatic rings. The predicted molar refractivity (Wildman–Crippen MR) is 67.1 cm³/mol. The molecular formula is C13H26N2O. The zero-order valence-corrected chi connectivity index (χ0v) is 10.9. The molecule has 3 heteroatoms. The van der Waals surface area contributed by atoms with Gasteiger partial charge < -0.3 is 11.1 Å². The van der Waals surface area contributed by atoms with Crippen molar-refractivity contribution in [1.82, 2.24) is 5.32 Å². The Morgan fingerprint density at radius 2 is 1.94 bits per heavy atom. The van der Waals surface area contributed by atoms with Gasteiger partial charge in [-0.1, -0.05) is 26.2 Å². The Morgan fingerprint density at radius 1 is 1.38 bits per heavy atom. The van der Waals surface area contributed by atoms with Crippen LogP contribution in [0, 0.1) is 5.92 Å². The first-order chi connectivity index (χ1) is 7.46. The van der Waals surface area contributed by atoms with Crippen LogP contribution in [-0.2, 0) is 4.79 Å². The minimum absolute atomic E-state index is 0.00283. The maximum absolute atomic E-state index is 11.6. The highest BCUT2D eigenvalue weighted by molar-refractivity contribution is 5.80. The Hall–Kier alpha value is -0.570. The lowest BCUT2D eigenvalue weighted by atomic mass is 9.82. The molecule has 94 valence electrons. The van der Waals surface area contributed by atoms with Crippen LogP contribution in [-0.4, -0.2) is 17.5 Å². The largest absolute Gasteiger partial charge is 0.368 e. The molecule has 1 saturated carbocycles. The van der Waals surface area contributed by atoms with Crippen LogP contribution >= 0.6 is 0 Å². The van der Waals surface area contributed by atoms with E-state index in [2.05, 4.69) is 26.1 Å². The van der Waals surface area contributed by atoms with Gasteiger partial charge in [-0.2, -0.15) is 0 Å². The molecule has 0 bridgehead atoms. The average molecular weight is 226 g/mol. The van der Waals surface area contributed by atoms with Gasteiger partial charge in [0.15, 0.2) is 0 Å². The summed E-state index contributed by atoms with van der Waals surface area (Å²) in [6, 6.07) is -0.143. The summed E-state index contributed by atoms with van der Waals surface area (Å²) in [5.74, 6) is 0.255. The van der Waals surface area contributed by atoms with E-state index in [0.717, 1.165) is 19.3 Å². The lowest BCUT2D eigenvalue weighted by Gasteiger charge is -2.35. The van der Waals surface area contributed by atoms with Crippen molar-refractivity contribution >= 4 is 5.91 Å². The number of hydrogen-bond acceptors (Lipinski definition) is 2. The van der Waals surface area contributed by atoms with Crippen molar-refractivity contribution in [1.29, 1.82) is 0 Å². The number of rotatable bonds is 5. The number of carbonyl (C=O) groups excluding carboxylic acids is 1. The van der Waals surface area contributed by atoms with Gasteiger partial charge >= 0.3 is 0 Å². The molecule has 1 rings (SSSR count). The van der Waals surface area contributed by atoms with Crippen LogP contribution in [0.4, 0.5) is 0 Å². The van der Waals surface area contributed by atoms with Crippen LogP contribution < -0.4 is 11.1 Å². The lowest BCUT2D eigenvalue weighted by Crippen LogP contribution is -2.55. The Labute approximate surface area is 99.2 Å². The van der Waals surface area contributed by atoms with Gasteiger partial charge in [0.2, 0.25) is 5.91 Å². The summed E-state index contributed by atoms with van der Waals surface area (Å²) in [5, 5.41) is 3.44. The SMILES string of the molecule is CCC(C)(C)NC(C(N)=O)C1CCCCC1. The van der Waals surface area contributed by atoms with Crippen LogP contribution in [0.3, 0.4) is 0 Å². The molecule has 0 aliphatic heterocycles. The van der Waals surface area contributed by atoms with Crippen LogP contribution in [0.5, 0.6) is 0 Å². The van der Waals surface area contributed by atoms with E-state index in [1.165, 1.54) is 19.3 Å². The van der Waals surface area contributed by atoms with E-state index in [9.17, 15) is 4.79 Å². The molecule has 3 N–H and O–H groups in total. The molecular weight excluding hydrogens is 200 g/mol. The smallest absolute Gasteiger partial charge is 0.234 e. The van der Waals surface area contributed by atoms with Crippen molar-refractivity contribution in [3.63, 3.8) is 0 Å². The van der Waals surface area contributed by atoms with Crippen molar-refractivity contribution in [3.05, 3.63) is 0 Å². The number of primary amides is 1. The highest BCUT2D eigenvalue weighted by Crippen LogP contribution is 2.27. The van der Waals surface area contributed by atoms with Crippen LogP contribution in [0.2, 0.25) is 0 Å². The molecule has 1 amide bonds. The van der Waals surface area contributed by atoms with E-state index in [-0.39, 0.29) is 17.5 Å². The Balaban J connectivity index is 2.63. The van der Waals surface area contributed by atoms with Gasteiger partial charge in [0.1, 0.15) is 0 Å².